The number of hydrogen-bond acceptors (Lipinski definition) is 2. The van der Waals surface area contributed by atoms with Gasteiger partial charge in [-0.15, -0.1) is 11.3 Å². The summed E-state index contributed by atoms with van der Waals surface area (Å²) in [5.41, 5.74) is -0.714. The Kier molecular flexibility index (Phi) is 3.06. The second kappa shape index (κ2) is 4.28. The molecule has 0 saturated carbocycles. The Labute approximate surface area is 105 Å². The topological polar surface area (TPSA) is 37.3 Å². The van der Waals surface area contributed by atoms with Crippen LogP contribution in [0.2, 0.25) is 0 Å². The number of halogens is 3. The van der Waals surface area contributed by atoms with E-state index in [4.69, 9.17) is 5.11 Å². The molecule has 6 heteroatoms. The van der Waals surface area contributed by atoms with Crippen LogP contribution in [0.15, 0.2) is 24.3 Å². The van der Waals surface area contributed by atoms with Crippen LogP contribution in [0.1, 0.15) is 23.3 Å². The number of hydrogen-bond donors (Lipinski definition) is 1. The lowest BCUT2D eigenvalue weighted by Gasteiger charge is -2.06. The molecule has 2 nitrogen and oxygen atoms in total. The zero-order valence-corrected chi connectivity index (χ0v) is 10.1. The molecule has 0 bridgehead atoms. The van der Waals surface area contributed by atoms with Crippen molar-refractivity contribution in [2.75, 3.05) is 0 Å². The normalized spacial score (nSPS) is 13.8. The van der Waals surface area contributed by atoms with Crippen molar-refractivity contribution < 1.29 is 23.1 Å². The molecule has 0 saturated heterocycles. The number of rotatable bonds is 2. The van der Waals surface area contributed by atoms with Crippen LogP contribution in [0, 0.1) is 0 Å². The average molecular weight is 274 g/mol. The molecular formula is C12H9F3O2S. The molecule has 0 aliphatic rings. The van der Waals surface area contributed by atoms with Crippen molar-refractivity contribution in [2.24, 2.45) is 0 Å². The maximum Gasteiger partial charge on any atom is 0.417 e. The molecular weight excluding hydrogens is 265 g/mol. The van der Waals surface area contributed by atoms with E-state index in [0.717, 1.165) is 17.4 Å². The number of fused-ring (bicyclic) bond motifs is 1. The van der Waals surface area contributed by atoms with Gasteiger partial charge in [0.1, 0.15) is 0 Å². The van der Waals surface area contributed by atoms with Gasteiger partial charge in [0.2, 0.25) is 0 Å². The minimum atomic E-state index is -4.42. The first-order chi connectivity index (χ1) is 8.30. The van der Waals surface area contributed by atoms with Gasteiger partial charge in [0, 0.05) is 9.58 Å². The first-order valence-corrected chi connectivity index (χ1v) is 5.95. The summed E-state index contributed by atoms with van der Waals surface area (Å²) in [6.45, 7) is 1.46. The molecule has 2 rings (SSSR count). The number of aliphatic carboxylic acids is 1. The van der Waals surface area contributed by atoms with Crippen molar-refractivity contribution in [1.82, 2.24) is 0 Å². The van der Waals surface area contributed by atoms with Gasteiger partial charge in [-0.05, 0) is 24.4 Å². The highest BCUT2D eigenvalue weighted by molar-refractivity contribution is 7.19. The van der Waals surface area contributed by atoms with Crippen LogP contribution in [0.25, 0.3) is 10.1 Å². The first kappa shape index (κ1) is 12.9. The summed E-state index contributed by atoms with van der Waals surface area (Å²) >= 11 is 0.886. The summed E-state index contributed by atoms with van der Waals surface area (Å²) in [4.78, 5) is 11.3. The van der Waals surface area contributed by atoms with E-state index in [2.05, 4.69) is 0 Å². The molecule has 0 amide bonds. The lowest BCUT2D eigenvalue weighted by atomic mass is 10.1. The molecule has 0 fully saturated rings. The Hall–Kier alpha value is -1.56. The van der Waals surface area contributed by atoms with Crippen LogP contribution >= 0.6 is 11.3 Å². The number of alkyl halides is 3. The second-order valence-corrected chi connectivity index (χ2v) is 5.01. The highest BCUT2D eigenvalue weighted by Gasteiger charge is 2.33. The summed E-state index contributed by atoms with van der Waals surface area (Å²) in [7, 11) is 0. The molecule has 0 aliphatic carbocycles. The van der Waals surface area contributed by atoms with Crippen molar-refractivity contribution in [1.29, 1.82) is 0 Å². The molecule has 18 heavy (non-hydrogen) atoms. The molecule has 0 radical (unpaired) electrons. The van der Waals surface area contributed by atoms with E-state index >= 15 is 0 Å². The van der Waals surface area contributed by atoms with Crippen molar-refractivity contribution in [3.8, 4) is 0 Å². The third kappa shape index (κ3) is 2.20. The Morgan fingerprint density at radius 3 is 2.61 bits per heavy atom. The fourth-order valence-corrected chi connectivity index (χ4v) is 2.88. The number of carboxylic acids is 1. The summed E-state index contributed by atoms with van der Waals surface area (Å²) in [6.07, 6.45) is -4.42. The SMILES string of the molecule is CC(C(=O)O)c1cc2cccc(C(F)(F)F)c2s1. The summed E-state index contributed by atoms with van der Waals surface area (Å²) in [5, 5.41) is 9.30. The maximum atomic E-state index is 12.8. The summed E-state index contributed by atoms with van der Waals surface area (Å²) < 4.78 is 38.4. The predicted molar refractivity (Wildman–Crippen MR) is 62.9 cm³/mol. The van der Waals surface area contributed by atoms with Crippen LogP contribution in [-0.4, -0.2) is 11.1 Å². The lowest BCUT2D eigenvalue weighted by Crippen LogP contribution is -2.05. The van der Waals surface area contributed by atoms with Gasteiger partial charge >= 0.3 is 12.1 Å². The zero-order chi connectivity index (χ0) is 13.5. The van der Waals surface area contributed by atoms with Gasteiger partial charge in [-0.25, -0.2) is 0 Å². The average Bonchev–Trinajstić information content (AvgIpc) is 2.69. The minimum Gasteiger partial charge on any atom is -0.481 e. The highest BCUT2D eigenvalue weighted by Crippen LogP contribution is 2.40. The van der Waals surface area contributed by atoms with Crippen molar-refractivity contribution >= 4 is 27.4 Å². The Bertz CT molecular complexity index is 601. The van der Waals surface area contributed by atoms with Crippen LogP contribution in [-0.2, 0) is 11.0 Å². The van der Waals surface area contributed by atoms with E-state index in [1.807, 2.05) is 0 Å². The zero-order valence-electron chi connectivity index (χ0n) is 9.28. The largest absolute Gasteiger partial charge is 0.481 e. The quantitative estimate of drug-likeness (QED) is 0.894. The fourth-order valence-electron chi connectivity index (χ4n) is 1.64. The van der Waals surface area contributed by atoms with Gasteiger partial charge in [-0.2, -0.15) is 13.2 Å². The predicted octanol–water partition coefficient (Wildman–Crippen LogP) is 4.11. The van der Waals surface area contributed by atoms with Crippen molar-refractivity contribution in [3.05, 3.63) is 34.7 Å². The van der Waals surface area contributed by atoms with Gasteiger partial charge in [0.25, 0.3) is 0 Å². The van der Waals surface area contributed by atoms with Gasteiger partial charge in [0.05, 0.1) is 11.5 Å². The van der Waals surface area contributed by atoms with E-state index in [0.29, 0.717) is 10.3 Å². The first-order valence-electron chi connectivity index (χ1n) is 5.13. The third-order valence-corrected chi connectivity index (χ3v) is 4.03. The fraction of sp³-hybridized carbons (Fsp3) is 0.250. The molecule has 0 aliphatic heterocycles. The smallest absolute Gasteiger partial charge is 0.417 e. The van der Waals surface area contributed by atoms with E-state index < -0.39 is 23.6 Å². The van der Waals surface area contributed by atoms with E-state index in [1.165, 1.54) is 19.1 Å². The Balaban J connectivity index is 2.62. The van der Waals surface area contributed by atoms with Crippen LogP contribution in [0.4, 0.5) is 13.2 Å². The van der Waals surface area contributed by atoms with Crippen LogP contribution < -0.4 is 0 Å². The second-order valence-electron chi connectivity index (χ2n) is 3.93. The van der Waals surface area contributed by atoms with Crippen LogP contribution in [0.5, 0.6) is 0 Å². The minimum absolute atomic E-state index is 0.0908. The van der Waals surface area contributed by atoms with E-state index in [1.54, 1.807) is 6.07 Å². The van der Waals surface area contributed by atoms with E-state index in [-0.39, 0.29) is 4.70 Å². The van der Waals surface area contributed by atoms with Gasteiger partial charge < -0.3 is 5.11 Å². The van der Waals surface area contributed by atoms with Gasteiger partial charge in [-0.1, -0.05) is 12.1 Å². The summed E-state index contributed by atoms with van der Waals surface area (Å²) in [6, 6.07) is 5.40. The molecule has 1 aromatic heterocycles. The third-order valence-electron chi connectivity index (χ3n) is 2.67. The number of benzene rings is 1. The Morgan fingerprint density at radius 1 is 1.39 bits per heavy atom. The number of carbonyl (C=O) groups is 1. The molecule has 0 spiro atoms. The van der Waals surface area contributed by atoms with Gasteiger partial charge in [-0.3, -0.25) is 4.79 Å². The molecule has 1 atom stereocenters. The monoisotopic (exact) mass is 274 g/mol. The number of thiophene rings is 1. The van der Waals surface area contributed by atoms with Crippen molar-refractivity contribution in [2.45, 2.75) is 19.0 Å². The number of carboxylic acid groups (broad SMARTS) is 1. The standard InChI is InChI=1S/C12H9F3O2S/c1-6(11(16)17)9-5-7-3-2-4-8(10(7)18-9)12(13,14)15/h2-6H,1H3,(H,16,17). The summed E-state index contributed by atoms with van der Waals surface area (Å²) in [5.74, 6) is -1.85. The molecule has 1 aromatic carbocycles. The maximum absolute atomic E-state index is 12.8. The molecule has 1 heterocycles. The van der Waals surface area contributed by atoms with Gasteiger partial charge in [0.15, 0.2) is 0 Å². The lowest BCUT2D eigenvalue weighted by molar-refractivity contribution is -0.138. The highest BCUT2D eigenvalue weighted by atomic mass is 32.1. The Morgan fingerprint density at radius 2 is 2.06 bits per heavy atom. The van der Waals surface area contributed by atoms with Crippen LogP contribution in [0.3, 0.4) is 0 Å². The molecule has 96 valence electrons. The van der Waals surface area contributed by atoms with Crippen molar-refractivity contribution in [3.63, 3.8) is 0 Å². The molecule has 1 N–H and O–H groups in total. The molecule has 2 aromatic rings. The molecule has 1 unspecified atom stereocenters. The van der Waals surface area contributed by atoms with E-state index in [9.17, 15) is 18.0 Å².